The molecule has 2 aromatic carbocycles. The second kappa shape index (κ2) is 7.15. The lowest BCUT2D eigenvalue weighted by molar-refractivity contribution is 0.292. The Kier molecular flexibility index (Phi) is 5.00. The Morgan fingerprint density at radius 1 is 1.00 bits per heavy atom. The fourth-order valence-corrected chi connectivity index (χ4v) is 3.32. The summed E-state index contributed by atoms with van der Waals surface area (Å²) in [5.74, 6) is 0.917. The van der Waals surface area contributed by atoms with Gasteiger partial charge in [-0.25, -0.2) is 0 Å². The first-order valence-electron chi connectivity index (χ1n) is 7.88. The summed E-state index contributed by atoms with van der Waals surface area (Å²) in [6, 6.07) is 12.7. The number of fused-ring (bicyclic) bond motifs is 1. The second-order valence-electron chi connectivity index (χ2n) is 5.73. The molecular formula is C18H22ClNO. The molecule has 1 fully saturated rings. The van der Waals surface area contributed by atoms with E-state index in [9.17, 15) is 0 Å². The summed E-state index contributed by atoms with van der Waals surface area (Å²) >= 11 is 6.22. The molecule has 2 aromatic rings. The van der Waals surface area contributed by atoms with E-state index < -0.39 is 0 Å². The van der Waals surface area contributed by atoms with Gasteiger partial charge in [-0.05, 0) is 25.0 Å². The first-order chi connectivity index (χ1) is 10.3. The molecule has 0 amide bonds. The van der Waals surface area contributed by atoms with Gasteiger partial charge >= 0.3 is 0 Å². The molecule has 0 atom stereocenters. The van der Waals surface area contributed by atoms with E-state index in [2.05, 4.69) is 11.4 Å². The van der Waals surface area contributed by atoms with E-state index in [0.29, 0.717) is 12.6 Å². The zero-order chi connectivity index (χ0) is 14.5. The molecule has 3 rings (SSSR count). The van der Waals surface area contributed by atoms with Crippen molar-refractivity contribution in [3.63, 3.8) is 0 Å². The molecule has 0 heterocycles. The van der Waals surface area contributed by atoms with Crippen LogP contribution < -0.4 is 10.1 Å². The number of rotatable bonds is 5. The van der Waals surface area contributed by atoms with E-state index in [1.54, 1.807) is 0 Å². The molecule has 1 N–H and O–H groups in total. The van der Waals surface area contributed by atoms with Gasteiger partial charge in [0.2, 0.25) is 0 Å². The monoisotopic (exact) mass is 303 g/mol. The zero-order valence-corrected chi connectivity index (χ0v) is 13.0. The summed E-state index contributed by atoms with van der Waals surface area (Å²) in [5.41, 5.74) is 0. The highest BCUT2D eigenvalue weighted by Crippen LogP contribution is 2.31. The van der Waals surface area contributed by atoms with Crippen LogP contribution in [0.15, 0.2) is 36.4 Å². The third-order valence-electron chi connectivity index (χ3n) is 4.23. The van der Waals surface area contributed by atoms with Gasteiger partial charge in [0.05, 0.1) is 0 Å². The second-order valence-corrected chi connectivity index (χ2v) is 6.14. The zero-order valence-electron chi connectivity index (χ0n) is 12.3. The predicted molar refractivity (Wildman–Crippen MR) is 89.3 cm³/mol. The summed E-state index contributed by atoms with van der Waals surface area (Å²) in [6.45, 7) is 1.60. The molecule has 0 spiro atoms. The van der Waals surface area contributed by atoms with Crippen LogP contribution in [0.2, 0.25) is 5.02 Å². The highest BCUT2D eigenvalue weighted by atomic mass is 35.5. The van der Waals surface area contributed by atoms with Crippen molar-refractivity contribution in [3.05, 3.63) is 41.4 Å². The van der Waals surface area contributed by atoms with Crippen molar-refractivity contribution in [1.82, 2.24) is 5.32 Å². The first-order valence-corrected chi connectivity index (χ1v) is 8.26. The molecular weight excluding hydrogens is 282 g/mol. The molecule has 0 aromatic heterocycles. The average molecular weight is 304 g/mol. The van der Waals surface area contributed by atoms with Gasteiger partial charge in [-0.15, -0.1) is 0 Å². The first kappa shape index (κ1) is 14.7. The van der Waals surface area contributed by atoms with Gasteiger partial charge in [-0.3, -0.25) is 0 Å². The van der Waals surface area contributed by atoms with E-state index in [-0.39, 0.29) is 0 Å². The normalized spacial score (nSPS) is 16.2. The Morgan fingerprint density at radius 2 is 1.76 bits per heavy atom. The van der Waals surface area contributed by atoms with Crippen molar-refractivity contribution in [2.75, 3.05) is 13.2 Å². The summed E-state index contributed by atoms with van der Waals surface area (Å²) < 4.78 is 5.94. The summed E-state index contributed by atoms with van der Waals surface area (Å²) in [7, 11) is 0. The largest absolute Gasteiger partial charge is 0.492 e. The van der Waals surface area contributed by atoms with E-state index in [0.717, 1.165) is 28.1 Å². The van der Waals surface area contributed by atoms with Crippen LogP contribution in [0.1, 0.15) is 32.1 Å². The van der Waals surface area contributed by atoms with Crippen LogP contribution in [0.3, 0.4) is 0 Å². The standard InChI is InChI=1S/C18H22ClNO/c19-17-10-11-18(16-9-5-4-8-15(16)17)21-13-12-20-14-6-2-1-3-7-14/h4-5,8-11,14,20H,1-3,6-7,12-13H2. The SMILES string of the molecule is Clc1ccc(OCCNC2CCCCC2)c2ccccc12. The minimum atomic E-state index is 0.685. The molecule has 2 nitrogen and oxygen atoms in total. The molecule has 1 aliphatic carbocycles. The summed E-state index contributed by atoms with van der Waals surface area (Å²) in [6.07, 6.45) is 6.74. The number of nitrogens with one attached hydrogen (secondary N) is 1. The van der Waals surface area contributed by atoms with Crippen LogP contribution in [0.25, 0.3) is 10.8 Å². The van der Waals surface area contributed by atoms with Crippen LogP contribution in [0, 0.1) is 0 Å². The fourth-order valence-electron chi connectivity index (χ4n) is 3.09. The van der Waals surface area contributed by atoms with Gasteiger partial charge in [0.1, 0.15) is 12.4 Å². The van der Waals surface area contributed by atoms with Crippen molar-refractivity contribution < 1.29 is 4.74 Å². The van der Waals surface area contributed by atoms with E-state index in [1.165, 1.54) is 32.1 Å². The molecule has 0 bridgehead atoms. The lowest BCUT2D eigenvalue weighted by atomic mass is 9.96. The fraction of sp³-hybridized carbons (Fsp3) is 0.444. The Bertz CT molecular complexity index is 593. The minimum Gasteiger partial charge on any atom is -0.492 e. The van der Waals surface area contributed by atoms with Crippen LogP contribution >= 0.6 is 11.6 Å². The van der Waals surface area contributed by atoms with E-state index >= 15 is 0 Å². The molecule has 0 saturated heterocycles. The maximum Gasteiger partial charge on any atom is 0.127 e. The highest BCUT2D eigenvalue weighted by molar-refractivity contribution is 6.35. The van der Waals surface area contributed by atoms with Gasteiger partial charge in [0.15, 0.2) is 0 Å². The van der Waals surface area contributed by atoms with Gasteiger partial charge in [0.25, 0.3) is 0 Å². The van der Waals surface area contributed by atoms with Crippen molar-refractivity contribution in [1.29, 1.82) is 0 Å². The molecule has 0 aliphatic heterocycles. The maximum absolute atomic E-state index is 6.22. The topological polar surface area (TPSA) is 21.3 Å². The Balaban J connectivity index is 1.57. The third kappa shape index (κ3) is 3.69. The summed E-state index contributed by atoms with van der Waals surface area (Å²) in [4.78, 5) is 0. The van der Waals surface area contributed by atoms with Crippen LogP contribution in [0.5, 0.6) is 5.75 Å². The van der Waals surface area contributed by atoms with E-state index in [1.807, 2.05) is 30.3 Å². The number of halogens is 1. The van der Waals surface area contributed by atoms with Crippen LogP contribution in [-0.2, 0) is 0 Å². The van der Waals surface area contributed by atoms with Crippen molar-refractivity contribution in [3.8, 4) is 5.75 Å². The van der Waals surface area contributed by atoms with Crippen LogP contribution in [-0.4, -0.2) is 19.2 Å². The predicted octanol–water partition coefficient (Wildman–Crippen LogP) is 4.79. The minimum absolute atomic E-state index is 0.685. The van der Waals surface area contributed by atoms with Gasteiger partial charge in [0, 0.05) is 28.4 Å². The van der Waals surface area contributed by atoms with Crippen molar-refractivity contribution in [2.45, 2.75) is 38.1 Å². The lowest BCUT2D eigenvalue weighted by Gasteiger charge is -2.22. The maximum atomic E-state index is 6.22. The molecule has 1 aliphatic rings. The number of benzene rings is 2. The van der Waals surface area contributed by atoms with Crippen molar-refractivity contribution in [2.24, 2.45) is 0 Å². The average Bonchev–Trinajstić information content (AvgIpc) is 2.55. The number of ether oxygens (including phenoxy) is 1. The Hall–Kier alpha value is -1.25. The van der Waals surface area contributed by atoms with Crippen molar-refractivity contribution >= 4 is 22.4 Å². The number of hydrogen-bond acceptors (Lipinski definition) is 2. The Labute approximate surface area is 131 Å². The third-order valence-corrected chi connectivity index (χ3v) is 4.56. The molecule has 0 radical (unpaired) electrons. The molecule has 1 saturated carbocycles. The van der Waals surface area contributed by atoms with Gasteiger partial charge in [-0.2, -0.15) is 0 Å². The highest BCUT2D eigenvalue weighted by Gasteiger charge is 2.12. The van der Waals surface area contributed by atoms with Gasteiger partial charge < -0.3 is 10.1 Å². The molecule has 21 heavy (non-hydrogen) atoms. The van der Waals surface area contributed by atoms with E-state index in [4.69, 9.17) is 16.3 Å². The summed E-state index contributed by atoms with van der Waals surface area (Å²) in [5, 5.41) is 6.51. The molecule has 112 valence electrons. The van der Waals surface area contributed by atoms with Crippen LogP contribution in [0.4, 0.5) is 0 Å². The molecule has 3 heteroatoms. The smallest absolute Gasteiger partial charge is 0.127 e. The lowest BCUT2D eigenvalue weighted by Crippen LogP contribution is -2.34. The van der Waals surface area contributed by atoms with Gasteiger partial charge in [-0.1, -0.05) is 55.1 Å². The quantitative estimate of drug-likeness (QED) is 0.802. The molecule has 0 unspecified atom stereocenters. The Morgan fingerprint density at radius 3 is 2.57 bits per heavy atom. The number of hydrogen-bond donors (Lipinski definition) is 1.